The van der Waals surface area contributed by atoms with Crippen LogP contribution in [0.25, 0.3) is 10.8 Å². The van der Waals surface area contributed by atoms with Crippen molar-refractivity contribution in [3.8, 4) is 0 Å². The van der Waals surface area contributed by atoms with Gasteiger partial charge >= 0.3 is 5.97 Å². The fourth-order valence-corrected chi connectivity index (χ4v) is 8.82. The molecule has 39 heavy (non-hydrogen) atoms. The monoisotopic (exact) mass is 548 g/mol. The molecule has 206 valence electrons. The number of nitrogens with zero attached hydrogens (tertiary/aromatic N) is 2. The zero-order valence-electron chi connectivity index (χ0n) is 22.2. The van der Waals surface area contributed by atoms with E-state index < -0.39 is 22.6 Å². The first-order chi connectivity index (χ1) is 19.0. The molecule has 2 aromatic carbocycles. The lowest BCUT2D eigenvalue weighted by Gasteiger charge is -2.37. The van der Waals surface area contributed by atoms with Crippen LogP contribution in [0.5, 0.6) is 0 Å². The Morgan fingerprint density at radius 3 is 2.69 bits per heavy atom. The van der Waals surface area contributed by atoms with Crippen LogP contribution in [0.2, 0.25) is 0 Å². The van der Waals surface area contributed by atoms with Gasteiger partial charge in [0, 0.05) is 30.6 Å². The number of thioether (sulfide) groups is 1. The highest BCUT2D eigenvalue weighted by Crippen LogP contribution is 2.66. The number of rotatable bonds is 12. The molecule has 0 aliphatic carbocycles. The van der Waals surface area contributed by atoms with Crippen LogP contribution in [0.1, 0.15) is 32.1 Å². The van der Waals surface area contributed by atoms with Crippen molar-refractivity contribution in [2.75, 3.05) is 31.2 Å². The van der Waals surface area contributed by atoms with Gasteiger partial charge in [-0.15, -0.1) is 24.9 Å². The molecule has 3 fully saturated rings. The van der Waals surface area contributed by atoms with E-state index in [1.807, 2.05) is 42.5 Å². The first-order valence-electron chi connectivity index (χ1n) is 13.7. The normalized spacial score (nSPS) is 27.0. The van der Waals surface area contributed by atoms with Crippen molar-refractivity contribution in [1.82, 2.24) is 4.90 Å². The van der Waals surface area contributed by atoms with Gasteiger partial charge in [-0.2, -0.15) is 0 Å². The van der Waals surface area contributed by atoms with E-state index in [-0.39, 0.29) is 36.2 Å². The number of ether oxygens (including phenoxy) is 1. The zero-order valence-corrected chi connectivity index (χ0v) is 23.0. The minimum atomic E-state index is -0.707. The highest BCUT2D eigenvalue weighted by atomic mass is 32.2. The molecular formula is C31H36N2O5S. The van der Waals surface area contributed by atoms with E-state index in [2.05, 4.69) is 13.2 Å². The van der Waals surface area contributed by atoms with Crippen molar-refractivity contribution in [3.05, 3.63) is 67.8 Å². The number of hydrogen-bond acceptors (Lipinski definition) is 6. The highest BCUT2D eigenvalue weighted by molar-refractivity contribution is 8.02. The van der Waals surface area contributed by atoms with Crippen LogP contribution in [0.15, 0.2) is 67.8 Å². The zero-order chi connectivity index (χ0) is 27.6. The van der Waals surface area contributed by atoms with Gasteiger partial charge < -0.3 is 19.6 Å². The number of amides is 2. The largest absolute Gasteiger partial charge is 0.465 e. The number of anilines is 1. The second-order valence-electron chi connectivity index (χ2n) is 10.5. The Labute approximate surface area is 233 Å². The SMILES string of the molecule is C=CCCOC(=O)[C@@H]1[C@H]2C(=O)N(CCCCO)C(C(=O)N(CC=C)c3ccc4ccccc4c3)C23CC[C@H]1S3. The lowest BCUT2D eigenvalue weighted by atomic mass is 9.71. The van der Waals surface area contributed by atoms with Crippen molar-refractivity contribution < 1.29 is 24.2 Å². The molecule has 0 saturated carbocycles. The number of esters is 1. The third kappa shape index (κ3) is 4.78. The van der Waals surface area contributed by atoms with Crippen LogP contribution in [0, 0.1) is 11.8 Å². The van der Waals surface area contributed by atoms with E-state index in [1.165, 1.54) is 0 Å². The summed E-state index contributed by atoms with van der Waals surface area (Å²) in [6.45, 7) is 8.50. The summed E-state index contributed by atoms with van der Waals surface area (Å²) < 4.78 is 4.88. The first kappa shape index (κ1) is 27.5. The second kappa shape index (κ2) is 11.6. The Morgan fingerprint density at radius 2 is 1.95 bits per heavy atom. The van der Waals surface area contributed by atoms with E-state index >= 15 is 0 Å². The third-order valence-corrected chi connectivity index (χ3v) is 10.3. The molecule has 7 nitrogen and oxygen atoms in total. The van der Waals surface area contributed by atoms with Crippen molar-refractivity contribution >= 4 is 46.0 Å². The summed E-state index contributed by atoms with van der Waals surface area (Å²) >= 11 is 1.64. The Kier molecular flexibility index (Phi) is 8.14. The Morgan fingerprint density at radius 1 is 1.15 bits per heavy atom. The van der Waals surface area contributed by atoms with Gasteiger partial charge in [-0.3, -0.25) is 14.4 Å². The number of aliphatic hydroxyl groups is 1. The van der Waals surface area contributed by atoms with Crippen molar-refractivity contribution in [2.45, 2.75) is 48.1 Å². The minimum Gasteiger partial charge on any atom is -0.465 e. The number of likely N-dealkylation sites (tertiary alicyclic amines) is 1. The molecule has 8 heteroatoms. The number of fused-ring (bicyclic) bond motifs is 2. The molecule has 3 aliphatic heterocycles. The summed E-state index contributed by atoms with van der Waals surface area (Å²) in [4.78, 5) is 45.3. The van der Waals surface area contributed by atoms with Gasteiger partial charge in [0.2, 0.25) is 5.91 Å². The fraction of sp³-hybridized carbons (Fsp3) is 0.452. The van der Waals surface area contributed by atoms with E-state index in [4.69, 9.17) is 4.74 Å². The molecule has 3 aliphatic rings. The van der Waals surface area contributed by atoms with Gasteiger partial charge in [-0.25, -0.2) is 0 Å². The number of carbonyl (C=O) groups excluding carboxylic acids is 3. The van der Waals surface area contributed by atoms with Gasteiger partial charge in [0.25, 0.3) is 5.91 Å². The van der Waals surface area contributed by atoms with E-state index in [0.717, 1.165) is 22.9 Å². The van der Waals surface area contributed by atoms with E-state index in [1.54, 1.807) is 33.7 Å². The van der Waals surface area contributed by atoms with Crippen LogP contribution in [0.4, 0.5) is 5.69 Å². The van der Waals surface area contributed by atoms with Gasteiger partial charge in [0.1, 0.15) is 6.04 Å². The lowest BCUT2D eigenvalue weighted by molar-refractivity contribution is -0.154. The maximum absolute atomic E-state index is 14.6. The summed E-state index contributed by atoms with van der Waals surface area (Å²) in [6, 6.07) is 13.2. The van der Waals surface area contributed by atoms with Gasteiger partial charge in [0.15, 0.2) is 0 Å². The molecule has 2 bridgehead atoms. The van der Waals surface area contributed by atoms with Crippen molar-refractivity contribution in [2.24, 2.45) is 11.8 Å². The minimum absolute atomic E-state index is 0.0178. The van der Waals surface area contributed by atoms with Crippen LogP contribution in [0.3, 0.4) is 0 Å². The molecule has 0 radical (unpaired) electrons. The molecule has 5 rings (SSSR count). The summed E-state index contributed by atoms with van der Waals surface area (Å²) in [5.74, 6) is -1.81. The van der Waals surface area contributed by atoms with E-state index in [9.17, 15) is 19.5 Å². The quantitative estimate of drug-likeness (QED) is 0.241. The average molecular weight is 549 g/mol. The second-order valence-corrected chi connectivity index (χ2v) is 12.1. The topological polar surface area (TPSA) is 87.1 Å². The summed E-state index contributed by atoms with van der Waals surface area (Å²) in [5, 5.41) is 11.5. The standard InChI is InChI=1S/C31H36N2O5S/c1-3-5-19-38-30(37)25-24-14-15-31(39-24)26(25)28(35)33(17-8-9-18-34)27(31)29(36)32(16-4-2)23-13-12-21-10-6-7-11-22(21)20-23/h3-4,6-7,10-13,20,24-27,34H,1-2,5,8-9,14-19H2/t24-,25+,26+,27?,31?/m1/s1. The Hall–Kier alpha value is -3.10. The van der Waals surface area contributed by atoms with Crippen LogP contribution >= 0.6 is 11.8 Å². The third-order valence-electron chi connectivity index (χ3n) is 8.30. The number of carbonyl (C=O) groups is 3. The van der Waals surface area contributed by atoms with Crippen LogP contribution < -0.4 is 4.90 Å². The molecule has 3 heterocycles. The number of unbranched alkanes of at least 4 members (excludes halogenated alkanes) is 1. The van der Waals surface area contributed by atoms with Gasteiger partial charge in [-0.1, -0.05) is 42.5 Å². The first-order valence-corrected chi connectivity index (χ1v) is 14.6. The maximum Gasteiger partial charge on any atom is 0.310 e. The van der Waals surface area contributed by atoms with Gasteiger partial charge in [0.05, 0.1) is 23.2 Å². The smallest absolute Gasteiger partial charge is 0.310 e. The lowest BCUT2D eigenvalue weighted by Crippen LogP contribution is -2.55. The molecule has 5 atom stereocenters. The van der Waals surface area contributed by atoms with Gasteiger partial charge in [-0.05, 0) is 55.0 Å². The summed E-state index contributed by atoms with van der Waals surface area (Å²) in [5.41, 5.74) is 0.749. The molecule has 0 aromatic heterocycles. The number of aliphatic hydroxyl groups excluding tert-OH is 1. The molecule has 2 unspecified atom stereocenters. The summed E-state index contributed by atoms with van der Waals surface area (Å²) in [6.07, 6.45) is 6.53. The molecule has 3 saturated heterocycles. The van der Waals surface area contributed by atoms with Crippen molar-refractivity contribution in [1.29, 1.82) is 0 Å². The predicted molar refractivity (Wildman–Crippen MR) is 154 cm³/mol. The summed E-state index contributed by atoms with van der Waals surface area (Å²) in [7, 11) is 0. The predicted octanol–water partition coefficient (Wildman–Crippen LogP) is 4.34. The molecule has 2 aromatic rings. The molecule has 1 N–H and O–H groups in total. The number of benzene rings is 2. The van der Waals surface area contributed by atoms with E-state index in [0.29, 0.717) is 38.8 Å². The van der Waals surface area contributed by atoms with Crippen molar-refractivity contribution in [3.63, 3.8) is 0 Å². The molecular weight excluding hydrogens is 512 g/mol. The molecule has 1 spiro atoms. The molecule has 2 amide bonds. The number of hydrogen-bond donors (Lipinski definition) is 1. The van der Waals surface area contributed by atoms with Crippen LogP contribution in [-0.2, 0) is 19.1 Å². The highest BCUT2D eigenvalue weighted by Gasteiger charge is 2.74. The Bertz CT molecular complexity index is 1280. The average Bonchev–Trinajstić information content (AvgIpc) is 3.59. The Balaban J connectivity index is 1.52. The maximum atomic E-state index is 14.6. The van der Waals surface area contributed by atoms with Crippen LogP contribution in [-0.4, -0.2) is 70.1 Å². The fourth-order valence-electron chi connectivity index (χ4n) is 6.62.